The first kappa shape index (κ1) is 14.3. The third-order valence-corrected chi connectivity index (χ3v) is 3.05. The molecule has 0 unspecified atom stereocenters. The van der Waals surface area contributed by atoms with E-state index in [4.69, 9.17) is 11.6 Å². The van der Waals surface area contributed by atoms with Crippen LogP contribution < -0.4 is 5.32 Å². The summed E-state index contributed by atoms with van der Waals surface area (Å²) < 4.78 is 13.0. The van der Waals surface area contributed by atoms with Crippen LogP contribution in [0.3, 0.4) is 0 Å². The number of nitro groups is 1. The Hall–Kier alpha value is -2.14. The Morgan fingerprint density at radius 2 is 1.90 bits per heavy atom. The van der Waals surface area contributed by atoms with E-state index in [1.54, 1.807) is 12.1 Å². The molecule has 4 nitrogen and oxygen atoms in total. The van der Waals surface area contributed by atoms with Crippen molar-refractivity contribution < 1.29 is 9.31 Å². The Morgan fingerprint density at radius 3 is 2.55 bits per heavy atom. The van der Waals surface area contributed by atoms with E-state index in [2.05, 4.69) is 5.32 Å². The van der Waals surface area contributed by atoms with E-state index < -0.39 is 10.7 Å². The minimum Gasteiger partial charge on any atom is -0.379 e. The van der Waals surface area contributed by atoms with Crippen LogP contribution in [0.4, 0.5) is 15.8 Å². The molecule has 0 saturated carbocycles. The first-order chi connectivity index (χ1) is 9.56. The second-order valence-electron chi connectivity index (χ2n) is 4.22. The number of hydrogen-bond acceptors (Lipinski definition) is 3. The van der Waals surface area contributed by atoms with Gasteiger partial charge in [-0.2, -0.15) is 0 Å². The Kier molecular flexibility index (Phi) is 4.53. The van der Waals surface area contributed by atoms with Gasteiger partial charge in [0.15, 0.2) is 0 Å². The zero-order chi connectivity index (χ0) is 14.5. The van der Waals surface area contributed by atoms with Crippen molar-refractivity contribution in [1.29, 1.82) is 0 Å². The average molecular weight is 295 g/mol. The molecule has 0 spiro atoms. The summed E-state index contributed by atoms with van der Waals surface area (Å²) in [5.41, 5.74) is 1.11. The molecule has 0 aliphatic carbocycles. The van der Waals surface area contributed by atoms with E-state index >= 15 is 0 Å². The summed E-state index contributed by atoms with van der Waals surface area (Å²) in [5, 5.41) is 14.4. The fourth-order valence-corrected chi connectivity index (χ4v) is 1.92. The first-order valence-corrected chi connectivity index (χ1v) is 6.36. The summed E-state index contributed by atoms with van der Waals surface area (Å²) in [6.45, 7) is 0.508. The van der Waals surface area contributed by atoms with Gasteiger partial charge < -0.3 is 5.32 Å². The van der Waals surface area contributed by atoms with Gasteiger partial charge >= 0.3 is 0 Å². The third-order valence-electron chi connectivity index (χ3n) is 2.80. The van der Waals surface area contributed by atoms with E-state index in [1.807, 2.05) is 12.1 Å². The van der Waals surface area contributed by atoms with E-state index in [-0.39, 0.29) is 5.69 Å². The molecule has 0 aliphatic rings. The van der Waals surface area contributed by atoms with Gasteiger partial charge in [0, 0.05) is 11.6 Å². The second-order valence-corrected chi connectivity index (χ2v) is 4.66. The van der Waals surface area contributed by atoms with Crippen LogP contribution >= 0.6 is 11.6 Å². The quantitative estimate of drug-likeness (QED) is 0.669. The largest absolute Gasteiger partial charge is 0.379 e. The van der Waals surface area contributed by atoms with Gasteiger partial charge in [-0.05, 0) is 36.2 Å². The summed E-state index contributed by atoms with van der Waals surface area (Å²) in [6.07, 6.45) is 0.686. The minimum atomic E-state index is -0.625. The predicted octanol–water partition coefficient (Wildman–Crippen LogP) is 4.04. The van der Waals surface area contributed by atoms with Crippen LogP contribution in [0.15, 0.2) is 42.5 Å². The van der Waals surface area contributed by atoms with Crippen molar-refractivity contribution in [2.45, 2.75) is 6.42 Å². The fraction of sp³-hybridized carbons (Fsp3) is 0.143. The van der Waals surface area contributed by atoms with Crippen LogP contribution in [0.5, 0.6) is 0 Å². The van der Waals surface area contributed by atoms with E-state index in [9.17, 15) is 14.5 Å². The molecular weight excluding hydrogens is 283 g/mol. The highest BCUT2D eigenvalue weighted by Gasteiger charge is 2.14. The molecule has 0 bridgehead atoms. The van der Waals surface area contributed by atoms with Gasteiger partial charge in [0.25, 0.3) is 5.69 Å². The molecule has 0 aromatic heterocycles. The van der Waals surface area contributed by atoms with Crippen LogP contribution in [0, 0.1) is 15.9 Å². The van der Waals surface area contributed by atoms with Gasteiger partial charge in [0.1, 0.15) is 11.5 Å². The van der Waals surface area contributed by atoms with Crippen molar-refractivity contribution in [3.63, 3.8) is 0 Å². The predicted molar refractivity (Wildman–Crippen MR) is 76.7 cm³/mol. The highest BCUT2D eigenvalue weighted by molar-refractivity contribution is 6.30. The maximum absolute atomic E-state index is 13.0. The zero-order valence-electron chi connectivity index (χ0n) is 10.5. The van der Waals surface area contributed by atoms with Gasteiger partial charge in [0.2, 0.25) is 0 Å². The lowest BCUT2D eigenvalue weighted by atomic mass is 10.1. The highest BCUT2D eigenvalue weighted by Crippen LogP contribution is 2.24. The lowest BCUT2D eigenvalue weighted by Gasteiger charge is -2.07. The molecule has 0 fully saturated rings. The molecule has 0 heterocycles. The Labute approximate surface area is 120 Å². The van der Waals surface area contributed by atoms with Crippen LogP contribution in [0.2, 0.25) is 5.02 Å². The number of anilines is 1. The number of nitrogens with one attached hydrogen (secondary N) is 1. The van der Waals surface area contributed by atoms with Gasteiger partial charge in [0.05, 0.1) is 11.0 Å². The topological polar surface area (TPSA) is 55.2 Å². The molecule has 2 rings (SSSR count). The van der Waals surface area contributed by atoms with Crippen molar-refractivity contribution in [3.8, 4) is 0 Å². The summed E-state index contributed by atoms with van der Waals surface area (Å²) in [6, 6.07) is 10.8. The number of nitrogens with zero attached hydrogens (tertiary/aromatic N) is 1. The summed E-state index contributed by atoms with van der Waals surface area (Å²) in [4.78, 5) is 10.2. The molecular formula is C14H12ClFN2O2. The Balaban J connectivity index is 2.00. The molecule has 0 saturated heterocycles. The summed E-state index contributed by atoms with van der Waals surface area (Å²) in [5.74, 6) is -0.625. The van der Waals surface area contributed by atoms with Gasteiger partial charge in [-0.25, -0.2) is 4.39 Å². The molecule has 0 aliphatic heterocycles. The van der Waals surface area contributed by atoms with Crippen LogP contribution in [0.25, 0.3) is 0 Å². The molecule has 1 N–H and O–H groups in total. The van der Waals surface area contributed by atoms with Crippen molar-refractivity contribution >= 4 is 23.0 Å². The van der Waals surface area contributed by atoms with Crippen LogP contribution in [0.1, 0.15) is 5.56 Å². The molecule has 0 atom stereocenters. The van der Waals surface area contributed by atoms with Gasteiger partial charge in [-0.1, -0.05) is 23.7 Å². The lowest BCUT2D eigenvalue weighted by Crippen LogP contribution is -2.07. The zero-order valence-corrected chi connectivity index (χ0v) is 11.2. The van der Waals surface area contributed by atoms with Gasteiger partial charge in [-0.3, -0.25) is 10.1 Å². The fourth-order valence-electron chi connectivity index (χ4n) is 1.80. The van der Waals surface area contributed by atoms with E-state index in [0.717, 1.165) is 11.6 Å². The Bertz CT molecular complexity index is 617. The van der Waals surface area contributed by atoms with Crippen molar-refractivity contribution in [1.82, 2.24) is 0 Å². The highest BCUT2D eigenvalue weighted by atomic mass is 35.5. The van der Waals surface area contributed by atoms with E-state index in [0.29, 0.717) is 23.7 Å². The number of rotatable bonds is 5. The van der Waals surface area contributed by atoms with E-state index in [1.165, 1.54) is 12.1 Å². The molecule has 0 amide bonds. The molecule has 0 radical (unpaired) electrons. The molecule has 2 aromatic rings. The molecule has 20 heavy (non-hydrogen) atoms. The second kappa shape index (κ2) is 6.34. The minimum absolute atomic E-state index is 0.263. The maximum Gasteiger partial charge on any atom is 0.295 e. The molecule has 2 aromatic carbocycles. The number of benzene rings is 2. The smallest absolute Gasteiger partial charge is 0.295 e. The van der Waals surface area contributed by atoms with Crippen molar-refractivity contribution in [2.75, 3.05) is 11.9 Å². The number of nitro benzene ring substituents is 1. The standard InChI is InChI=1S/C14H12ClFN2O2/c15-11-3-1-10(2-4-11)7-8-17-13-6-5-12(16)9-14(13)18(19)20/h1-6,9,17H,7-8H2. The van der Waals surface area contributed by atoms with Crippen LogP contribution in [-0.4, -0.2) is 11.5 Å². The Morgan fingerprint density at radius 1 is 1.20 bits per heavy atom. The summed E-state index contributed by atoms with van der Waals surface area (Å²) in [7, 11) is 0. The normalized spacial score (nSPS) is 10.3. The average Bonchev–Trinajstić information content (AvgIpc) is 2.42. The monoisotopic (exact) mass is 294 g/mol. The SMILES string of the molecule is O=[N+]([O-])c1cc(F)ccc1NCCc1ccc(Cl)cc1. The maximum atomic E-state index is 13.0. The van der Waals surface area contributed by atoms with Crippen LogP contribution in [-0.2, 0) is 6.42 Å². The molecule has 104 valence electrons. The van der Waals surface area contributed by atoms with Crippen molar-refractivity contribution in [2.24, 2.45) is 0 Å². The van der Waals surface area contributed by atoms with Gasteiger partial charge in [-0.15, -0.1) is 0 Å². The third kappa shape index (κ3) is 3.68. The molecule has 6 heteroatoms. The van der Waals surface area contributed by atoms with Crippen molar-refractivity contribution in [3.05, 3.63) is 69.0 Å². The summed E-state index contributed by atoms with van der Waals surface area (Å²) >= 11 is 5.79. The first-order valence-electron chi connectivity index (χ1n) is 5.98. The number of hydrogen-bond donors (Lipinski definition) is 1. The lowest BCUT2D eigenvalue weighted by molar-refractivity contribution is -0.384. The number of halogens is 2.